The number of fused-ring (bicyclic) bond motifs is 1. The van der Waals surface area contributed by atoms with E-state index in [4.69, 9.17) is 9.72 Å². The summed E-state index contributed by atoms with van der Waals surface area (Å²) in [5, 5.41) is 18.8. The third-order valence-corrected chi connectivity index (χ3v) is 8.65. The Balaban J connectivity index is 1.40. The molecule has 1 aromatic heterocycles. The maximum absolute atomic E-state index is 12.7. The van der Waals surface area contributed by atoms with Crippen molar-refractivity contribution < 1.29 is 14.6 Å². The van der Waals surface area contributed by atoms with Gasteiger partial charge in [-0.15, -0.1) is 0 Å². The highest BCUT2D eigenvalue weighted by molar-refractivity contribution is 5.94. The van der Waals surface area contributed by atoms with E-state index in [9.17, 15) is 19.5 Å². The zero-order valence-corrected chi connectivity index (χ0v) is 24.8. The Bertz CT molecular complexity index is 1680. The number of carboxylic acids is 1. The van der Waals surface area contributed by atoms with Gasteiger partial charge < -0.3 is 25.4 Å². The van der Waals surface area contributed by atoms with Crippen molar-refractivity contribution in [2.24, 2.45) is 0 Å². The monoisotopic (exact) mass is 570 g/mol. The van der Waals surface area contributed by atoms with Gasteiger partial charge in [-0.1, -0.05) is 26.0 Å². The first-order valence-corrected chi connectivity index (χ1v) is 14.6. The number of rotatable bonds is 11. The molecule has 3 aromatic carbocycles. The molecular weight excluding hydrogens is 532 g/mol. The van der Waals surface area contributed by atoms with Crippen molar-refractivity contribution >= 4 is 39.6 Å². The van der Waals surface area contributed by atoms with Crippen molar-refractivity contribution in [3.05, 3.63) is 80.2 Å². The SMILES string of the molecule is CCc1cc2cc(OC)ccc2c(Nc2ccc(C[C@](CC)(Nc3c(N4C(C)CCC4C)c(=O)c3=O)C(=O)O)cc2)n1. The number of benzene rings is 2. The molecule has 2 unspecified atom stereocenters. The maximum atomic E-state index is 12.7. The number of hydrogen-bond donors (Lipinski definition) is 3. The number of carbonyl (C=O) groups is 1. The largest absolute Gasteiger partial charge is 0.497 e. The average molecular weight is 571 g/mol. The van der Waals surface area contributed by atoms with Crippen LogP contribution in [-0.4, -0.2) is 40.8 Å². The second-order valence-corrected chi connectivity index (χ2v) is 11.3. The van der Waals surface area contributed by atoms with Gasteiger partial charge in [0.15, 0.2) is 0 Å². The number of nitrogens with zero attached hydrogens (tertiary/aromatic N) is 2. The van der Waals surface area contributed by atoms with Gasteiger partial charge in [0.1, 0.15) is 28.5 Å². The summed E-state index contributed by atoms with van der Waals surface area (Å²) in [6, 6.07) is 15.7. The zero-order chi connectivity index (χ0) is 30.2. The zero-order valence-electron chi connectivity index (χ0n) is 24.8. The number of methoxy groups -OCH3 is 1. The van der Waals surface area contributed by atoms with Gasteiger partial charge in [-0.05, 0) is 86.9 Å². The van der Waals surface area contributed by atoms with E-state index in [1.54, 1.807) is 14.0 Å². The molecule has 9 heteroatoms. The van der Waals surface area contributed by atoms with E-state index in [1.807, 2.05) is 61.2 Å². The quantitative estimate of drug-likeness (QED) is 0.203. The second-order valence-electron chi connectivity index (χ2n) is 11.3. The first-order valence-electron chi connectivity index (χ1n) is 14.6. The number of aryl methyl sites for hydroxylation is 1. The number of aromatic nitrogens is 1. The van der Waals surface area contributed by atoms with Crippen LogP contribution < -0.4 is 31.1 Å². The topological polar surface area (TPSA) is 121 Å². The van der Waals surface area contributed by atoms with Crippen LogP contribution in [0.25, 0.3) is 10.8 Å². The van der Waals surface area contributed by atoms with Crippen LogP contribution in [0.15, 0.2) is 58.1 Å². The molecule has 0 radical (unpaired) electrons. The molecule has 1 aliphatic rings. The highest BCUT2D eigenvalue weighted by Gasteiger charge is 2.42. The molecule has 2 heterocycles. The van der Waals surface area contributed by atoms with E-state index >= 15 is 0 Å². The lowest BCUT2D eigenvalue weighted by Gasteiger charge is -2.36. The molecule has 9 nitrogen and oxygen atoms in total. The highest BCUT2D eigenvalue weighted by Crippen LogP contribution is 2.35. The van der Waals surface area contributed by atoms with Gasteiger partial charge >= 0.3 is 5.97 Å². The molecule has 1 fully saturated rings. The number of ether oxygens (including phenoxy) is 1. The molecule has 0 amide bonds. The van der Waals surface area contributed by atoms with E-state index in [0.717, 1.165) is 58.5 Å². The van der Waals surface area contributed by atoms with E-state index in [2.05, 4.69) is 23.6 Å². The summed E-state index contributed by atoms with van der Waals surface area (Å²) >= 11 is 0. The highest BCUT2D eigenvalue weighted by atomic mass is 16.5. The molecule has 4 aromatic rings. The van der Waals surface area contributed by atoms with Gasteiger partial charge in [-0.2, -0.15) is 0 Å². The standard InChI is InChI=1S/C33H38N4O5/c1-6-23-16-22-17-25(42-5)14-15-26(22)31(34-23)35-24-12-10-21(11-13-24)18-33(7-2,32(40)41)36-27-28(30(39)29(27)38)37-19(3)8-9-20(37)4/h10-17,19-20,36H,6-9,18H2,1-5H3,(H,34,35)(H,40,41)/t19?,20?,33-/m0/s1. The fourth-order valence-electron chi connectivity index (χ4n) is 6.04. The first-order chi connectivity index (χ1) is 20.1. The van der Waals surface area contributed by atoms with E-state index in [1.165, 1.54) is 0 Å². The second kappa shape index (κ2) is 11.5. The van der Waals surface area contributed by atoms with Gasteiger partial charge in [0.25, 0.3) is 10.9 Å². The van der Waals surface area contributed by atoms with Crippen LogP contribution in [0, 0.1) is 0 Å². The molecule has 0 spiro atoms. The van der Waals surface area contributed by atoms with E-state index in [-0.39, 0.29) is 30.6 Å². The molecule has 0 aliphatic carbocycles. The predicted octanol–water partition coefficient (Wildman–Crippen LogP) is 5.41. The Morgan fingerprint density at radius 3 is 2.33 bits per heavy atom. The summed E-state index contributed by atoms with van der Waals surface area (Å²) in [5.41, 5.74) is 0.331. The Morgan fingerprint density at radius 1 is 1.05 bits per heavy atom. The normalized spacial score (nSPS) is 18.3. The Morgan fingerprint density at radius 2 is 1.74 bits per heavy atom. The fourth-order valence-corrected chi connectivity index (χ4v) is 6.04. The van der Waals surface area contributed by atoms with Crippen LogP contribution in [0.5, 0.6) is 5.75 Å². The summed E-state index contributed by atoms with van der Waals surface area (Å²) in [7, 11) is 1.64. The molecule has 3 atom stereocenters. The fraction of sp³-hybridized carbons (Fsp3) is 0.394. The molecule has 3 N–H and O–H groups in total. The minimum atomic E-state index is -1.45. The number of aliphatic carboxylic acids is 1. The number of pyridine rings is 1. The van der Waals surface area contributed by atoms with Crippen LogP contribution in [0.4, 0.5) is 22.9 Å². The third kappa shape index (κ3) is 5.19. The molecule has 1 saturated heterocycles. The summed E-state index contributed by atoms with van der Waals surface area (Å²) in [4.78, 5) is 44.8. The summed E-state index contributed by atoms with van der Waals surface area (Å²) in [5.74, 6) is 0.432. The number of carboxylic acid groups (broad SMARTS) is 1. The molecule has 0 bridgehead atoms. The van der Waals surface area contributed by atoms with E-state index in [0.29, 0.717) is 5.69 Å². The van der Waals surface area contributed by atoms with Gasteiger partial charge in [0.05, 0.1) is 7.11 Å². The van der Waals surface area contributed by atoms with Crippen molar-refractivity contribution in [2.45, 2.75) is 77.4 Å². The summed E-state index contributed by atoms with van der Waals surface area (Å²) in [6.45, 7) is 7.88. The van der Waals surface area contributed by atoms with Crippen molar-refractivity contribution in [3.63, 3.8) is 0 Å². The molecular formula is C33H38N4O5. The van der Waals surface area contributed by atoms with Crippen LogP contribution in [0.3, 0.4) is 0 Å². The lowest BCUT2D eigenvalue weighted by Crippen LogP contribution is -2.53. The maximum Gasteiger partial charge on any atom is 0.329 e. The number of hydrogen-bond acceptors (Lipinski definition) is 8. The van der Waals surface area contributed by atoms with Crippen molar-refractivity contribution in [3.8, 4) is 5.75 Å². The predicted molar refractivity (Wildman–Crippen MR) is 167 cm³/mol. The number of nitrogens with one attached hydrogen (secondary N) is 2. The van der Waals surface area contributed by atoms with Crippen LogP contribution >= 0.6 is 0 Å². The van der Waals surface area contributed by atoms with Gasteiger partial charge in [0.2, 0.25) is 0 Å². The van der Waals surface area contributed by atoms with Gasteiger partial charge in [-0.3, -0.25) is 9.59 Å². The third-order valence-electron chi connectivity index (χ3n) is 8.65. The smallest absolute Gasteiger partial charge is 0.329 e. The van der Waals surface area contributed by atoms with Crippen molar-refractivity contribution in [1.82, 2.24) is 4.98 Å². The van der Waals surface area contributed by atoms with Gasteiger partial charge in [-0.25, -0.2) is 9.78 Å². The van der Waals surface area contributed by atoms with Crippen LogP contribution in [0.2, 0.25) is 0 Å². The van der Waals surface area contributed by atoms with Crippen molar-refractivity contribution in [2.75, 3.05) is 22.6 Å². The Kier molecular flexibility index (Phi) is 7.95. The van der Waals surface area contributed by atoms with Crippen LogP contribution in [0.1, 0.15) is 58.2 Å². The number of anilines is 4. The molecule has 42 heavy (non-hydrogen) atoms. The van der Waals surface area contributed by atoms with Crippen LogP contribution in [-0.2, 0) is 17.6 Å². The molecule has 5 rings (SSSR count). The molecule has 0 saturated carbocycles. The molecule has 1 aliphatic heterocycles. The summed E-state index contributed by atoms with van der Waals surface area (Å²) in [6.07, 6.45) is 2.97. The first kappa shape index (κ1) is 29.1. The molecule has 220 valence electrons. The van der Waals surface area contributed by atoms with E-state index < -0.39 is 22.4 Å². The average Bonchev–Trinajstić information content (AvgIpc) is 3.32. The summed E-state index contributed by atoms with van der Waals surface area (Å²) < 4.78 is 5.39. The Labute approximate surface area is 245 Å². The lowest BCUT2D eigenvalue weighted by molar-refractivity contribution is -0.142. The van der Waals surface area contributed by atoms with Crippen molar-refractivity contribution in [1.29, 1.82) is 0 Å². The Hall–Kier alpha value is -4.40. The van der Waals surface area contributed by atoms with Gasteiger partial charge in [0, 0.05) is 35.3 Å². The minimum absolute atomic E-state index is 0.108. The lowest BCUT2D eigenvalue weighted by atomic mass is 9.87. The minimum Gasteiger partial charge on any atom is -0.497 e.